The molecule has 8 heteroatoms. The minimum Gasteiger partial charge on any atom is -0.350 e. The van der Waals surface area contributed by atoms with Crippen LogP contribution in [0, 0.1) is 6.92 Å². The van der Waals surface area contributed by atoms with Crippen LogP contribution in [-0.2, 0) is 29.1 Å². The summed E-state index contributed by atoms with van der Waals surface area (Å²) in [6.07, 6.45) is 4.42. The number of aromatic nitrogens is 3. The van der Waals surface area contributed by atoms with Crippen molar-refractivity contribution < 1.29 is 9.59 Å². The van der Waals surface area contributed by atoms with E-state index in [0.29, 0.717) is 25.1 Å². The SMILES string of the molecule is Cc1cc2c(c(=O)n1CC(=O)NCc1cnc3[nH]ccc3c1)NC(=O)CC2. The van der Waals surface area contributed by atoms with Crippen LogP contribution < -0.4 is 16.2 Å². The summed E-state index contributed by atoms with van der Waals surface area (Å²) in [6, 6.07) is 5.72. The molecule has 1 aliphatic heterocycles. The number of H-pyrrole nitrogens is 1. The third-order valence-electron chi connectivity index (χ3n) is 4.72. The maximum Gasteiger partial charge on any atom is 0.275 e. The lowest BCUT2D eigenvalue weighted by molar-refractivity contribution is -0.122. The Hall–Kier alpha value is -3.42. The largest absolute Gasteiger partial charge is 0.350 e. The van der Waals surface area contributed by atoms with Crippen molar-refractivity contribution in [2.24, 2.45) is 0 Å². The lowest BCUT2D eigenvalue weighted by Gasteiger charge is -2.19. The summed E-state index contributed by atoms with van der Waals surface area (Å²) in [7, 11) is 0. The van der Waals surface area contributed by atoms with Crippen molar-refractivity contribution in [3.63, 3.8) is 0 Å². The molecule has 4 heterocycles. The number of aryl methyl sites for hydroxylation is 2. The zero-order valence-corrected chi connectivity index (χ0v) is 14.8. The van der Waals surface area contributed by atoms with E-state index in [-0.39, 0.29) is 29.6 Å². The highest BCUT2D eigenvalue weighted by Gasteiger charge is 2.21. The molecule has 0 fully saturated rings. The van der Waals surface area contributed by atoms with Gasteiger partial charge in [-0.25, -0.2) is 4.98 Å². The Kier molecular flexibility index (Phi) is 4.23. The van der Waals surface area contributed by atoms with Crippen LogP contribution in [0.3, 0.4) is 0 Å². The molecule has 0 bridgehead atoms. The number of carbonyl (C=O) groups excluding carboxylic acids is 2. The second-order valence-corrected chi connectivity index (χ2v) is 6.66. The smallest absolute Gasteiger partial charge is 0.275 e. The van der Waals surface area contributed by atoms with E-state index in [2.05, 4.69) is 20.6 Å². The molecule has 0 saturated heterocycles. The van der Waals surface area contributed by atoms with Crippen LogP contribution in [-0.4, -0.2) is 26.3 Å². The average Bonchev–Trinajstić information content (AvgIpc) is 3.12. The molecule has 2 amide bonds. The monoisotopic (exact) mass is 365 g/mol. The van der Waals surface area contributed by atoms with Crippen LogP contribution >= 0.6 is 0 Å². The lowest BCUT2D eigenvalue weighted by Crippen LogP contribution is -2.36. The molecule has 0 unspecified atom stereocenters. The second kappa shape index (κ2) is 6.71. The second-order valence-electron chi connectivity index (χ2n) is 6.66. The molecule has 27 heavy (non-hydrogen) atoms. The molecule has 0 aromatic carbocycles. The molecule has 1 aliphatic rings. The Labute approximate surface area is 154 Å². The van der Waals surface area contributed by atoms with Crippen molar-refractivity contribution >= 4 is 28.5 Å². The van der Waals surface area contributed by atoms with Crippen molar-refractivity contribution in [3.05, 3.63) is 57.8 Å². The van der Waals surface area contributed by atoms with E-state index in [0.717, 1.165) is 22.2 Å². The van der Waals surface area contributed by atoms with Crippen molar-refractivity contribution in [3.8, 4) is 0 Å². The van der Waals surface area contributed by atoms with Crippen LogP contribution in [0.4, 0.5) is 5.69 Å². The summed E-state index contributed by atoms with van der Waals surface area (Å²) >= 11 is 0. The maximum absolute atomic E-state index is 12.7. The minimum absolute atomic E-state index is 0.104. The summed E-state index contributed by atoms with van der Waals surface area (Å²) < 4.78 is 1.38. The Morgan fingerprint density at radius 2 is 2.15 bits per heavy atom. The molecular formula is C19H19N5O3. The Morgan fingerprint density at radius 3 is 3.00 bits per heavy atom. The van der Waals surface area contributed by atoms with Crippen LogP contribution in [0.2, 0.25) is 0 Å². The minimum atomic E-state index is -0.344. The molecule has 4 rings (SSSR count). The van der Waals surface area contributed by atoms with Crippen molar-refractivity contribution in [1.29, 1.82) is 0 Å². The molecule has 0 saturated carbocycles. The van der Waals surface area contributed by atoms with Gasteiger partial charge >= 0.3 is 0 Å². The van der Waals surface area contributed by atoms with E-state index < -0.39 is 0 Å². The van der Waals surface area contributed by atoms with E-state index in [1.54, 1.807) is 13.1 Å². The highest BCUT2D eigenvalue weighted by Crippen LogP contribution is 2.19. The molecule has 0 spiro atoms. The summed E-state index contributed by atoms with van der Waals surface area (Å²) in [5.74, 6) is -0.455. The predicted octanol–water partition coefficient (Wildman–Crippen LogP) is 1.23. The number of nitrogens with zero attached hydrogens (tertiary/aromatic N) is 2. The first-order valence-corrected chi connectivity index (χ1v) is 8.73. The lowest BCUT2D eigenvalue weighted by atomic mass is 10.0. The molecule has 138 valence electrons. The number of hydrogen-bond donors (Lipinski definition) is 3. The average molecular weight is 365 g/mol. The first kappa shape index (κ1) is 17.0. The van der Waals surface area contributed by atoms with Gasteiger partial charge in [-0.3, -0.25) is 14.4 Å². The molecule has 0 atom stereocenters. The van der Waals surface area contributed by atoms with Gasteiger partial charge in [-0.05, 0) is 42.7 Å². The van der Waals surface area contributed by atoms with Gasteiger partial charge in [0.05, 0.1) is 0 Å². The highest BCUT2D eigenvalue weighted by molar-refractivity contribution is 5.93. The van der Waals surface area contributed by atoms with Gasteiger partial charge in [0, 0.05) is 36.4 Å². The third kappa shape index (κ3) is 3.33. The summed E-state index contributed by atoms with van der Waals surface area (Å²) in [5.41, 5.74) is 3.12. The van der Waals surface area contributed by atoms with Crippen LogP contribution in [0.15, 0.2) is 35.4 Å². The summed E-state index contributed by atoms with van der Waals surface area (Å²) in [6.45, 7) is 2.01. The van der Waals surface area contributed by atoms with Gasteiger partial charge < -0.3 is 20.2 Å². The number of anilines is 1. The molecule has 3 aromatic rings. The molecule has 0 radical (unpaired) electrons. The first-order chi connectivity index (χ1) is 13.0. The number of rotatable bonds is 4. The van der Waals surface area contributed by atoms with Crippen molar-refractivity contribution in [2.75, 3.05) is 5.32 Å². The molecule has 3 N–H and O–H groups in total. The molecular weight excluding hydrogens is 346 g/mol. The number of aromatic amines is 1. The standard InChI is InChI=1S/C19H19N5O3/c1-11-6-13-2-3-15(25)23-17(13)19(27)24(11)10-16(26)21-8-12-7-14-4-5-20-18(14)22-9-12/h4-7,9H,2-3,8,10H2,1H3,(H,20,22)(H,21,26)(H,23,25). The topological polar surface area (TPSA) is 109 Å². The zero-order valence-electron chi connectivity index (χ0n) is 14.8. The Morgan fingerprint density at radius 1 is 1.30 bits per heavy atom. The van der Waals surface area contributed by atoms with Gasteiger partial charge in [-0.15, -0.1) is 0 Å². The molecule has 3 aromatic heterocycles. The number of amides is 2. The predicted molar refractivity (Wildman–Crippen MR) is 100 cm³/mol. The number of fused-ring (bicyclic) bond motifs is 2. The zero-order chi connectivity index (χ0) is 19.0. The van der Waals surface area contributed by atoms with E-state index in [1.807, 2.05) is 24.4 Å². The number of nitrogens with one attached hydrogen (secondary N) is 3. The van der Waals surface area contributed by atoms with Gasteiger partial charge in [0.15, 0.2) is 0 Å². The van der Waals surface area contributed by atoms with Gasteiger partial charge in [0.1, 0.15) is 17.9 Å². The Bertz CT molecular complexity index is 1110. The fourth-order valence-corrected chi connectivity index (χ4v) is 3.29. The highest BCUT2D eigenvalue weighted by atomic mass is 16.2. The van der Waals surface area contributed by atoms with E-state index in [4.69, 9.17) is 0 Å². The van der Waals surface area contributed by atoms with E-state index in [9.17, 15) is 14.4 Å². The van der Waals surface area contributed by atoms with Crippen LogP contribution in [0.1, 0.15) is 23.2 Å². The third-order valence-corrected chi connectivity index (χ3v) is 4.72. The Balaban J connectivity index is 1.48. The molecule has 0 aliphatic carbocycles. The van der Waals surface area contributed by atoms with E-state index >= 15 is 0 Å². The number of hydrogen-bond acceptors (Lipinski definition) is 4. The van der Waals surface area contributed by atoms with Gasteiger partial charge in [0.2, 0.25) is 11.8 Å². The van der Waals surface area contributed by atoms with Crippen LogP contribution in [0.5, 0.6) is 0 Å². The fraction of sp³-hybridized carbons (Fsp3) is 0.263. The van der Waals surface area contributed by atoms with E-state index in [1.165, 1.54) is 4.57 Å². The fourth-order valence-electron chi connectivity index (χ4n) is 3.29. The van der Waals surface area contributed by atoms with Gasteiger partial charge in [-0.2, -0.15) is 0 Å². The quantitative estimate of drug-likeness (QED) is 0.646. The summed E-state index contributed by atoms with van der Waals surface area (Å²) in [5, 5.41) is 6.41. The van der Waals surface area contributed by atoms with Crippen LogP contribution in [0.25, 0.3) is 11.0 Å². The number of carbonyl (C=O) groups is 2. The summed E-state index contributed by atoms with van der Waals surface area (Å²) in [4.78, 5) is 43.9. The van der Waals surface area contributed by atoms with Crippen molar-refractivity contribution in [1.82, 2.24) is 19.9 Å². The van der Waals surface area contributed by atoms with Gasteiger partial charge in [0.25, 0.3) is 5.56 Å². The number of pyridine rings is 2. The molecule has 8 nitrogen and oxygen atoms in total. The maximum atomic E-state index is 12.7. The normalized spacial score (nSPS) is 13.3. The van der Waals surface area contributed by atoms with Gasteiger partial charge in [-0.1, -0.05) is 0 Å². The van der Waals surface area contributed by atoms with Crippen molar-refractivity contribution in [2.45, 2.75) is 32.9 Å². The first-order valence-electron chi connectivity index (χ1n) is 8.73.